The Bertz CT molecular complexity index is 735. The number of aromatic nitrogens is 2. The summed E-state index contributed by atoms with van der Waals surface area (Å²) in [4.78, 5) is 4.67. The second kappa shape index (κ2) is 5.85. The quantitative estimate of drug-likeness (QED) is 0.707. The maximum atomic E-state index is 9.43. The van der Waals surface area contributed by atoms with Crippen LogP contribution in [0.25, 0.3) is 16.9 Å². The van der Waals surface area contributed by atoms with E-state index in [0.717, 1.165) is 22.7 Å². The van der Waals surface area contributed by atoms with Crippen molar-refractivity contribution in [2.45, 2.75) is 0 Å². The van der Waals surface area contributed by atoms with Crippen molar-refractivity contribution in [2.24, 2.45) is 0 Å². The Labute approximate surface area is 122 Å². The topological polar surface area (TPSA) is 58.8 Å². The molecular weight excluding hydrogens is 266 g/mol. The van der Waals surface area contributed by atoms with Crippen LogP contribution in [0.15, 0.2) is 48.7 Å². The molecule has 0 spiro atoms. The molecule has 0 saturated carbocycles. The third kappa shape index (κ3) is 2.68. The molecule has 1 aromatic carbocycles. The van der Waals surface area contributed by atoms with Crippen LogP contribution >= 0.6 is 0 Å². The molecule has 5 nitrogen and oxygen atoms in total. The number of aromatic hydroxyl groups is 1. The van der Waals surface area contributed by atoms with Gasteiger partial charge in [0.05, 0.1) is 6.61 Å². The molecule has 0 bridgehead atoms. The molecule has 0 radical (unpaired) electrons. The molecule has 0 unspecified atom stereocenters. The van der Waals surface area contributed by atoms with Gasteiger partial charge in [0, 0.05) is 25.4 Å². The zero-order valence-electron chi connectivity index (χ0n) is 11.8. The maximum Gasteiger partial charge on any atom is 0.139 e. The van der Waals surface area contributed by atoms with Crippen LogP contribution in [0, 0.1) is 0 Å². The first-order chi connectivity index (χ1) is 10.3. The van der Waals surface area contributed by atoms with Gasteiger partial charge in [0.1, 0.15) is 22.9 Å². The molecule has 2 aromatic heterocycles. The molecule has 0 aliphatic rings. The zero-order valence-corrected chi connectivity index (χ0v) is 11.8. The fourth-order valence-electron chi connectivity index (χ4n) is 2.26. The maximum absolute atomic E-state index is 9.43. The standard InChI is InChI=1S/C16H17N3O2/c1-21-11-9-17-16-15(12-5-7-13(20)8-6-12)18-14-4-2-3-10-19(14)16/h2-8,10,17,20H,9,11H2,1H3. The van der Waals surface area contributed by atoms with E-state index < -0.39 is 0 Å². The SMILES string of the molecule is COCCNc1c(-c2ccc(O)cc2)nc2ccccn12. The molecule has 108 valence electrons. The van der Waals surface area contributed by atoms with Gasteiger partial charge in [-0.2, -0.15) is 0 Å². The van der Waals surface area contributed by atoms with E-state index in [4.69, 9.17) is 4.74 Å². The lowest BCUT2D eigenvalue weighted by Crippen LogP contribution is -2.09. The van der Waals surface area contributed by atoms with Crippen LogP contribution < -0.4 is 5.32 Å². The molecule has 3 aromatic rings. The summed E-state index contributed by atoms with van der Waals surface area (Å²) in [5.41, 5.74) is 2.69. The van der Waals surface area contributed by atoms with Gasteiger partial charge in [-0.3, -0.25) is 4.40 Å². The number of fused-ring (bicyclic) bond motifs is 1. The fourth-order valence-corrected chi connectivity index (χ4v) is 2.26. The third-order valence-electron chi connectivity index (χ3n) is 3.27. The second-order valence-electron chi connectivity index (χ2n) is 4.70. The van der Waals surface area contributed by atoms with E-state index in [-0.39, 0.29) is 5.75 Å². The Morgan fingerprint density at radius 3 is 2.76 bits per heavy atom. The van der Waals surface area contributed by atoms with Gasteiger partial charge in [-0.05, 0) is 36.4 Å². The summed E-state index contributed by atoms with van der Waals surface area (Å²) in [6.45, 7) is 1.32. The van der Waals surface area contributed by atoms with E-state index in [0.29, 0.717) is 13.2 Å². The molecule has 2 heterocycles. The Balaban J connectivity index is 2.07. The van der Waals surface area contributed by atoms with Crippen LogP contribution in [0.5, 0.6) is 5.75 Å². The van der Waals surface area contributed by atoms with Crippen molar-refractivity contribution in [3.8, 4) is 17.0 Å². The Morgan fingerprint density at radius 2 is 2.00 bits per heavy atom. The Morgan fingerprint density at radius 1 is 1.19 bits per heavy atom. The van der Waals surface area contributed by atoms with Gasteiger partial charge in [-0.1, -0.05) is 6.07 Å². The van der Waals surface area contributed by atoms with Crippen LogP contribution in [0.2, 0.25) is 0 Å². The summed E-state index contributed by atoms with van der Waals surface area (Å²) in [6, 6.07) is 12.9. The third-order valence-corrected chi connectivity index (χ3v) is 3.27. The number of rotatable bonds is 5. The fraction of sp³-hybridized carbons (Fsp3) is 0.188. The minimum atomic E-state index is 0.247. The first-order valence-electron chi connectivity index (χ1n) is 6.79. The molecule has 0 atom stereocenters. The lowest BCUT2D eigenvalue weighted by atomic mass is 10.1. The van der Waals surface area contributed by atoms with Crippen LogP contribution in [0.3, 0.4) is 0 Å². The predicted octanol–water partition coefficient (Wildman–Crippen LogP) is 2.77. The number of pyridine rings is 1. The number of nitrogens with zero attached hydrogens (tertiary/aromatic N) is 2. The monoisotopic (exact) mass is 283 g/mol. The first kappa shape index (κ1) is 13.5. The number of benzene rings is 1. The summed E-state index contributed by atoms with van der Waals surface area (Å²) >= 11 is 0. The number of hydrogen-bond acceptors (Lipinski definition) is 4. The highest BCUT2D eigenvalue weighted by Crippen LogP contribution is 2.29. The average molecular weight is 283 g/mol. The molecule has 0 aliphatic carbocycles. The average Bonchev–Trinajstić information content (AvgIpc) is 2.87. The van der Waals surface area contributed by atoms with Crippen molar-refractivity contribution in [3.63, 3.8) is 0 Å². The number of phenolic OH excluding ortho intramolecular Hbond substituents is 1. The molecule has 0 amide bonds. The normalized spacial score (nSPS) is 10.9. The number of methoxy groups -OCH3 is 1. The van der Waals surface area contributed by atoms with Gasteiger partial charge in [-0.25, -0.2) is 4.98 Å². The predicted molar refractivity (Wildman–Crippen MR) is 82.7 cm³/mol. The second-order valence-corrected chi connectivity index (χ2v) is 4.70. The largest absolute Gasteiger partial charge is 0.508 e. The Hall–Kier alpha value is -2.53. The van der Waals surface area contributed by atoms with E-state index in [1.54, 1.807) is 19.2 Å². The highest BCUT2D eigenvalue weighted by Gasteiger charge is 2.13. The lowest BCUT2D eigenvalue weighted by molar-refractivity contribution is 0.210. The lowest BCUT2D eigenvalue weighted by Gasteiger charge is -2.08. The van der Waals surface area contributed by atoms with Crippen molar-refractivity contribution < 1.29 is 9.84 Å². The van der Waals surface area contributed by atoms with Crippen LogP contribution in [0.4, 0.5) is 5.82 Å². The highest BCUT2D eigenvalue weighted by atomic mass is 16.5. The summed E-state index contributed by atoms with van der Waals surface area (Å²) in [7, 11) is 1.68. The van der Waals surface area contributed by atoms with Gasteiger partial charge < -0.3 is 15.2 Å². The van der Waals surface area contributed by atoms with Gasteiger partial charge in [0.15, 0.2) is 0 Å². The van der Waals surface area contributed by atoms with Gasteiger partial charge in [0.25, 0.3) is 0 Å². The van der Waals surface area contributed by atoms with E-state index in [2.05, 4.69) is 10.3 Å². The number of hydrogen-bond donors (Lipinski definition) is 2. The summed E-state index contributed by atoms with van der Waals surface area (Å²) in [6.07, 6.45) is 1.97. The number of phenols is 1. The molecular formula is C16H17N3O2. The van der Waals surface area contributed by atoms with E-state index in [1.807, 2.05) is 40.9 Å². The molecule has 0 aliphatic heterocycles. The molecule has 3 rings (SSSR count). The van der Waals surface area contributed by atoms with Crippen molar-refractivity contribution in [2.75, 3.05) is 25.6 Å². The minimum absolute atomic E-state index is 0.247. The van der Waals surface area contributed by atoms with Crippen molar-refractivity contribution in [1.82, 2.24) is 9.38 Å². The molecule has 0 saturated heterocycles. The van der Waals surface area contributed by atoms with E-state index >= 15 is 0 Å². The summed E-state index contributed by atoms with van der Waals surface area (Å²) in [5.74, 6) is 1.17. The van der Waals surface area contributed by atoms with Crippen molar-refractivity contribution in [1.29, 1.82) is 0 Å². The van der Waals surface area contributed by atoms with Gasteiger partial charge in [-0.15, -0.1) is 0 Å². The van der Waals surface area contributed by atoms with E-state index in [9.17, 15) is 5.11 Å². The molecule has 2 N–H and O–H groups in total. The number of anilines is 1. The summed E-state index contributed by atoms with van der Waals surface area (Å²) < 4.78 is 7.10. The number of nitrogens with one attached hydrogen (secondary N) is 1. The van der Waals surface area contributed by atoms with Crippen LogP contribution in [0.1, 0.15) is 0 Å². The van der Waals surface area contributed by atoms with Crippen molar-refractivity contribution in [3.05, 3.63) is 48.7 Å². The molecule has 21 heavy (non-hydrogen) atoms. The molecule has 0 fully saturated rings. The molecule has 5 heteroatoms. The highest BCUT2D eigenvalue weighted by molar-refractivity contribution is 5.76. The van der Waals surface area contributed by atoms with E-state index in [1.165, 1.54) is 0 Å². The Kier molecular flexibility index (Phi) is 3.75. The number of ether oxygens (including phenoxy) is 1. The summed E-state index contributed by atoms with van der Waals surface area (Å²) in [5, 5.41) is 12.8. The first-order valence-corrected chi connectivity index (χ1v) is 6.79. The minimum Gasteiger partial charge on any atom is -0.508 e. The van der Waals surface area contributed by atoms with Gasteiger partial charge in [0.2, 0.25) is 0 Å². The smallest absolute Gasteiger partial charge is 0.139 e. The van der Waals surface area contributed by atoms with Crippen molar-refractivity contribution >= 4 is 11.5 Å². The van der Waals surface area contributed by atoms with Gasteiger partial charge >= 0.3 is 0 Å². The van der Waals surface area contributed by atoms with Crippen LogP contribution in [-0.2, 0) is 4.74 Å². The number of imidazole rings is 1. The zero-order chi connectivity index (χ0) is 14.7. The van der Waals surface area contributed by atoms with Crippen LogP contribution in [-0.4, -0.2) is 34.8 Å².